The van der Waals surface area contributed by atoms with E-state index in [9.17, 15) is 5.11 Å². The number of nitrogens with zero attached hydrogens (tertiary/aromatic N) is 2. The molecular weight excluding hydrogens is 316 g/mol. The largest absolute Gasteiger partial charge is 0.389 e. The zero-order valence-electron chi connectivity index (χ0n) is 12.2. The third-order valence-corrected chi connectivity index (χ3v) is 5.58. The van der Waals surface area contributed by atoms with Crippen LogP contribution in [0.2, 0.25) is 0 Å². The molecule has 2 heterocycles. The molecule has 1 N–H and O–H groups in total. The Morgan fingerprint density at radius 3 is 2.70 bits per heavy atom. The third kappa shape index (κ3) is 2.61. The Morgan fingerprint density at radius 1 is 1.25 bits per heavy atom. The summed E-state index contributed by atoms with van der Waals surface area (Å²) in [6.45, 7) is 4.04. The van der Waals surface area contributed by atoms with Crippen LogP contribution in [0.3, 0.4) is 0 Å². The van der Waals surface area contributed by atoms with Crippen molar-refractivity contribution in [3.8, 4) is 0 Å². The van der Waals surface area contributed by atoms with E-state index < -0.39 is 6.10 Å². The number of halogens is 1. The first-order valence-corrected chi connectivity index (χ1v) is 8.30. The molecule has 0 radical (unpaired) electrons. The molecule has 0 aromatic heterocycles. The maximum Gasteiger partial charge on any atom is 0.0762 e. The lowest BCUT2D eigenvalue weighted by Gasteiger charge is -2.28. The molecule has 2 fully saturated rings. The van der Waals surface area contributed by atoms with Crippen LogP contribution >= 0.6 is 15.9 Å². The van der Waals surface area contributed by atoms with Gasteiger partial charge in [0.15, 0.2) is 0 Å². The molecule has 110 valence electrons. The molecule has 1 aromatic rings. The average molecular weight is 339 g/mol. The van der Waals surface area contributed by atoms with Crippen molar-refractivity contribution >= 4 is 21.6 Å². The van der Waals surface area contributed by atoms with Crippen LogP contribution < -0.4 is 4.90 Å². The Kier molecular flexibility index (Phi) is 4.07. The number of aliphatic hydroxyl groups is 1. The van der Waals surface area contributed by atoms with E-state index in [0.717, 1.165) is 29.2 Å². The molecule has 2 saturated heterocycles. The van der Waals surface area contributed by atoms with E-state index in [1.54, 1.807) is 6.92 Å². The van der Waals surface area contributed by atoms with Crippen LogP contribution in [0.4, 0.5) is 5.69 Å². The number of fused-ring (bicyclic) bond motifs is 2. The Balaban J connectivity index is 1.82. The zero-order chi connectivity index (χ0) is 14.3. The van der Waals surface area contributed by atoms with E-state index in [-0.39, 0.29) is 0 Å². The standard InChI is InChI=1S/C16H23BrN2O/c1-11(20)12-3-6-16(15(17)9-12)19-8-7-13-4-5-14(10-19)18(13)2/h3,6,9,11,13-14,20H,4-5,7-8,10H2,1-2H3. The van der Waals surface area contributed by atoms with Gasteiger partial charge < -0.3 is 10.0 Å². The van der Waals surface area contributed by atoms with Crippen molar-refractivity contribution in [3.05, 3.63) is 28.2 Å². The normalized spacial score (nSPS) is 28.5. The van der Waals surface area contributed by atoms with Gasteiger partial charge in [0.2, 0.25) is 0 Å². The summed E-state index contributed by atoms with van der Waals surface area (Å²) in [7, 11) is 2.28. The molecule has 0 amide bonds. The molecule has 0 aliphatic carbocycles. The SMILES string of the molecule is CC(O)c1ccc(N2CCC3CCC(C2)N3C)c(Br)c1. The van der Waals surface area contributed by atoms with Crippen LogP contribution in [0.15, 0.2) is 22.7 Å². The predicted molar refractivity (Wildman–Crippen MR) is 86.2 cm³/mol. The van der Waals surface area contributed by atoms with Gasteiger partial charge in [-0.3, -0.25) is 4.90 Å². The van der Waals surface area contributed by atoms with Crippen molar-refractivity contribution in [1.82, 2.24) is 4.90 Å². The van der Waals surface area contributed by atoms with Crippen LogP contribution in [0.25, 0.3) is 0 Å². The highest BCUT2D eigenvalue weighted by atomic mass is 79.9. The van der Waals surface area contributed by atoms with Gasteiger partial charge in [0, 0.05) is 29.6 Å². The first kappa shape index (κ1) is 14.4. The van der Waals surface area contributed by atoms with Gasteiger partial charge in [-0.25, -0.2) is 0 Å². The molecule has 1 aromatic carbocycles. The summed E-state index contributed by atoms with van der Waals surface area (Å²) in [6, 6.07) is 7.68. The number of benzene rings is 1. The minimum absolute atomic E-state index is 0.411. The number of hydrogen-bond donors (Lipinski definition) is 1. The molecule has 0 saturated carbocycles. The molecule has 20 heavy (non-hydrogen) atoms. The van der Waals surface area contributed by atoms with E-state index in [1.165, 1.54) is 24.9 Å². The van der Waals surface area contributed by atoms with Gasteiger partial charge in [-0.15, -0.1) is 0 Å². The van der Waals surface area contributed by atoms with Crippen LogP contribution in [-0.2, 0) is 0 Å². The molecule has 0 spiro atoms. The molecule has 3 nitrogen and oxygen atoms in total. The molecule has 4 heteroatoms. The lowest BCUT2D eigenvalue weighted by Crippen LogP contribution is -2.36. The summed E-state index contributed by atoms with van der Waals surface area (Å²) in [5.74, 6) is 0. The van der Waals surface area contributed by atoms with Crippen molar-refractivity contribution in [2.75, 3.05) is 25.0 Å². The number of likely N-dealkylation sites (N-methyl/N-ethyl adjacent to an activating group) is 1. The van der Waals surface area contributed by atoms with Crippen LogP contribution in [0.1, 0.15) is 37.9 Å². The van der Waals surface area contributed by atoms with E-state index in [2.05, 4.69) is 38.8 Å². The Bertz CT molecular complexity index is 491. The Labute approximate surface area is 129 Å². The van der Waals surface area contributed by atoms with E-state index in [1.807, 2.05) is 12.1 Å². The highest BCUT2D eigenvalue weighted by Gasteiger charge is 2.34. The van der Waals surface area contributed by atoms with Gasteiger partial charge in [0.05, 0.1) is 11.8 Å². The van der Waals surface area contributed by atoms with Crippen LogP contribution in [-0.4, -0.2) is 42.2 Å². The number of anilines is 1. The van der Waals surface area contributed by atoms with Gasteiger partial charge >= 0.3 is 0 Å². The second-order valence-electron chi connectivity index (χ2n) is 6.17. The van der Waals surface area contributed by atoms with Crippen molar-refractivity contribution in [3.63, 3.8) is 0 Å². The Morgan fingerprint density at radius 2 is 2.00 bits per heavy atom. The van der Waals surface area contributed by atoms with Crippen molar-refractivity contribution in [2.45, 2.75) is 44.4 Å². The fourth-order valence-electron chi connectivity index (χ4n) is 3.57. The van der Waals surface area contributed by atoms with Crippen molar-refractivity contribution in [1.29, 1.82) is 0 Å². The second-order valence-corrected chi connectivity index (χ2v) is 7.03. The first-order valence-electron chi connectivity index (χ1n) is 7.50. The average Bonchev–Trinajstić information content (AvgIpc) is 2.64. The first-order chi connectivity index (χ1) is 9.56. The van der Waals surface area contributed by atoms with Crippen LogP contribution in [0, 0.1) is 0 Å². The van der Waals surface area contributed by atoms with Gasteiger partial charge in [0.25, 0.3) is 0 Å². The number of hydrogen-bond acceptors (Lipinski definition) is 3. The van der Waals surface area contributed by atoms with Crippen LogP contribution in [0.5, 0.6) is 0 Å². The number of aliphatic hydroxyl groups excluding tert-OH is 1. The lowest BCUT2D eigenvalue weighted by atomic mass is 10.1. The molecule has 3 atom stereocenters. The van der Waals surface area contributed by atoms with Gasteiger partial charge in [-0.2, -0.15) is 0 Å². The third-order valence-electron chi connectivity index (χ3n) is 4.94. The molecule has 2 bridgehead atoms. The maximum atomic E-state index is 9.67. The van der Waals surface area contributed by atoms with Gasteiger partial charge in [-0.1, -0.05) is 6.07 Å². The summed E-state index contributed by atoms with van der Waals surface area (Å²) < 4.78 is 1.09. The Hall–Kier alpha value is -0.580. The summed E-state index contributed by atoms with van der Waals surface area (Å²) in [5, 5.41) is 9.67. The maximum absolute atomic E-state index is 9.67. The highest BCUT2D eigenvalue weighted by Crippen LogP contribution is 2.34. The predicted octanol–water partition coefficient (Wildman–Crippen LogP) is 3.18. The highest BCUT2D eigenvalue weighted by molar-refractivity contribution is 9.10. The fourth-order valence-corrected chi connectivity index (χ4v) is 4.21. The summed E-state index contributed by atoms with van der Waals surface area (Å²) in [6.07, 6.45) is 3.52. The molecular formula is C16H23BrN2O. The minimum Gasteiger partial charge on any atom is -0.389 e. The second kappa shape index (κ2) is 5.66. The molecule has 2 aliphatic rings. The minimum atomic E-state index is -0.411. The van der Waals surface area contributed by atoms with E-state index in [0.29, 0.717) is 6.04 Å². The van der Waals surface area contributed by atoms with E-state index in [4.69, 9.17) is 0 Å². The zero-order valence-corrected chi connectivity index (χ0v) is 13.8. The smallest absolute Gasteiger partial charge is 0.0762 e. The fraction of sp³-hybridized carbons (Fsp3) is 0.625. The summed E-state index contributed by atoms with van der Waals surface area (Å²) in [4.78, 5) is 5.06. The topological polar surface area (TPSA) is 26.7 Å². The molecule has 2 aliphatic heterocycles. The summed E-state index contributed by atoms with van der Waals surface area (Å²) in [5.41, 5.74) is 2.23. The monoisotopic (exact) mass is 338 g/mol. The van der Waals surface area contributed by atoms with Gasteiger partial charge in [-0.05, 0) is 66.9 Å². The van der Waals surface area contributed by atoms with Gasteiger partial charge in [0.1, 0.15) is 0 Å². The van der Waals surface area contributed by atoms with Crippen molar-refractivity contribution in [2.24, 2.45) is 0 Å². The summed E-state index contributed by atoms with van der Waals surface area (Å²) >= 11 is 3.68. The molecule has 3 rings (SSSR count). The quantitative estimate of drug-likeness (QED) is 0.897. The lowest BCUT2D eigenvalue weighted by molar-refractivity contribution is 0.199. The van der Waals surface area contributed by atoms with Crippen molar-refractivity contribution < 1.29 is 5.11 Å². The molecule has 3 unspecified atom stereocenters. The van der Waals surface area contributed by atoms with E-state index >= 15 is 0 Å². The number of rotatable bonds is 2.